The van der Waals surface area contributed by atoms with Gasteiger partial charge in [-0.1, -0.05) is 0 Å². The van der Waals surface area contributed by atoms with Crippen LogP contribution in [0.25, 0.3) is 11.3 Å². The Morgan fingerprint density at radius 3 is 2.68 bits per heavy atom. The van der Waals surface area contributed by atoms with E-state index in [0.717, 1.165) is 17.0 Å². The number of methoxy groups -OCH3 is 1. The number of hydrogen-bond donors (Lipinski definition) is 2. The fourth-order valence-corrected chi connectivity index (χ4v) is 2.16. The van der Waals surface area contributed by atoms with E-state index in [9.17, 15) is 4.79 Å². The van der Waals surface area contributed by atoms with Crippen LogP contribution in [0.4, 0.5) is 5.13 Å². The van der Waals surface area contributed by atoms with Crippen LogP contribution in [0.1, 0.15) is 6.92 Å². The van der Waals surface area contributed by atoms with Gasteiger partial charge in [-0.2, -0.15) is 0 Å². The summed E-state index contributed by atoms with van der Waals surface area (Å²) in [5.74, 6) is 0.317. The number of amides is 1. The topological polar surface area (TPSA) is 71.5 Å². The number of benzene rings is 1. The first-order chi connectivity index (χ1) is 9.10. The second-order valence-corrected chi connectivity index (χ2v) is 4.79. The molecule has 1 aromatic carbocycles. The van der Waals surface area contributed by atoms with E-state index in [1.807, 2.05) is 29.6 Å². The molecule has 0 aliphatic rings. The minimum Gasteiger partial charge on any atom is -0.497 e. The molecule has 1 heterocycles. The number of anilines is 1. The Labute approximate surface area is 114 Å². The molecule has 0 fully saturated rings. The average Bonchev–Trinajstić information content (AvgIpc) is 2.87. The molecule has 1 unspecified atom stereocenters. The second-order valence-electron chi connectivity index (χ2n) is 3.93. The molecule has 2 aromatic rings. The van der Waals surface area contributed by atoms with Gasteiger partial charge in [0.25, 0.3) is 5.91 Å². The van der Waals surface area contributed by atoms with E-state index in [0.29, 0.717) is 5.13 Å². The summed E-state index contributed by atoms with van der Waals surface area (Å²) in [7, 11) is 1.61. The van der Waals surface area contributed by atoms with E-state index in [1.165, 1.54) is 18.3 Å². The van der Waals surface area contributed by atoms with E-state index in [2.05, 4.69) is 10.3 Å². The highest BCUT2D eigenvalue weighted by Crippen LogP contribution is 2.26. The first-order valence-electron chi connectivity index (χ1n) is 5.69. The highest BCUT2D eigenvalue weighted by Gasteiger charge is 2.11. The lowest BCUT2D eigenvalue weighted by atomic mass is 10.2. The number of carbonyl (C=O) groups excluding carboxylic acids is 1. The zero-order chi connectivity index (χ0) is 13.8. The quantitative estimate of drug-likeness (QED) is 0.898. The summed E-state index contributed by atoms with van der Waals surface area (Å²) in [5, 5.41) is 14.0. The molecule has 0 radical (unpaired) electrons. The molecule has 0 bridgehead atoms. The minimum absolute atomic E-state index is 0.462. The van der Waals surface area contributed by atoms with E-state index >= 15 is 0 Å². The summed E-state index contributed by atoms with van der Waals surface area (Å²) < 4.78 is 5.09. The molecule has 1 atom stereocenters. The summed E-state index contributed by atoms with van der Waals surface area (Å²) in [5.41, 5.74) is 1.71. The maximum atomic E-state index is 11.3. The first-order valence-corrected chi connectivity index (χ1v) is 6.57. The molecule has 19 heavy (non-hydrogen) atoms. The molecular formula is C13H14N2O3S. The number of nitrogens with one attached hydrogen (secondary N) is 1. The fourth-order valence-electron chi connectivity index (χ4n) is 1.44. The van der Waals surface area contributed by atoms with Crippen molar-refractivity contribution < 1.29 is 14.6 Å². The number of rotatable bonds is 4. The van der Waals surface area contributed by atoms with Gasteiger partial charge in [-0.15, -0.1) is 11.3 Å². The van der Waals surface area contributed by atoms with Crippen LogP contribution in [0.3, 0.4) is 0 Å². The highest BCUT2D eigenvalue weighted by atomic mass is 32.1. The molecule has 2 rings (SSSR count). The van der Waals surface area contributed by atoms with Gasteiger partial charge in [-0.3, -0.25) is 10.1 Å². The fraction of sp³-hybridized carbons (Fsp3) is 0.231. The Morgan fingerprint density at radius 1 is 1.42 bits per heavy atom. The normalized spacial score (nSPS) is 11.9. The van der Waals surface area contributed by atoms with Crippen molar-refractivity contribution in [3.63, 3.8) is 0 Å². The number of hydrogen-bond acceptors (Lipinski definition) is 5. The van der Waals surface area contributed by atoms with Crippen LogP contribution in [0, 0.1) is 0 Å². The van der Waals surface area contributed by atoms with E-state index in [1.54, 1.807) is 7.11 Å². The largest absolute Gasteiger partial charge is 0.497 e. The summed E-state index contributed by atoms with van der Waals surface area (Å²) >= 11 is 1.31. The number of carbonyl (C=O) groups is 1. The minimum atomic E-state index is -1.05. The number of nitrogens with zero attached hydrogens (tertiary/aromatic N) is 1. The number of thiazole rings is 1. The van der Waals surface area contributed by atoms with Crippen molar-refractivity contribution in [3.8, 4) is 17.0 Å². The zero-order valence-corrected chi connectivity index (χ0v) is 11.4. The first kappa shape index (κ1) is 13.5. The molecule has 2 N–H and O–H groups in total. The van der Waals surface area contributed by atoms with Crippen LogP contribution in [0.15, 0.2) is 29.6 Å². The van der Waals surface area contributed by atoms with Gasteiger partial charge < -0.3 is 9.84 Å². The molecule has 5 nitrogen and oxygen atoms in total. The van der Waals surface area contributed by atoms with Crippen LogP contribution >= 0.6 is 11.3 Å². The van der Waals surface area contributed by atoms with Crippen molar-refractivity contribution in [2.75, 3.05) is 12.4 Å². The molecule has 0 saturated carbocycles. The Bertz CT molecular complexity index is 564. The SMILES string of the molecule is COc1ccc(-c2csc(NC(=O)C(C)O)n2)cc1. The monoisotopic (exact) mass is 278 g/mol. The van der Waals surface area contributed by atoms with Crippen LogP contribution in [0.5, 0.6) is 5.75 Å². The zero-order valence-electron chi connectivity index (χ0n) is 10.6. The molecule has 100 valence electrons. The third-order valence-electron chi connectivity index (χ3n) is 2.50. The average molecular weight is 278 g/mol. The summed E-state index contributed by atoms with van der Waals surface area (Å²) in [6.07, 6.45) is -1.05. The standard InChI is InChI=1S/C13H14N2O3S/c1-8(16)12(17)15-13-14-11(7-19-13)9-3-5-10(18-2)6-4-9/h3-8,16H,1-2H3,(H,14,15,17). The summed E-state index contributed by atoms with van der Waals surface area (Å²) in [6.45, 7) is 1.41. The summed E-state index contributed by atoms with van der Waals surface area (Å²) in [6, 6.07) is 7.49. The molecule has 0 aliphatic heterocycles. The smallest absolute Gasteiger partial charge is 0.254 e. The third-order valence-corrected chi connectivity index (χ3v) is 3.26. The second kappa shape index (κ2) is 5.81. The van der Waals surface area contributed by atoms with Gasteiger partial charge >= 0.3 is 0 Å². The van der Waals surface area contributed by atoms with Gasteiger partial charge in [-0.05, 0) is 31.2 Å². The predicted octanol–water partition coefficient (Wildman–Crippen LogP) is 2.14. The highest BCUT2D eigenvalue weighted by molar-refractivity contribution is 7.14. The van der Waals surface area contributed by atoms with Gasteiger partial charge in [0.05, 0.1) is 12.8 Å². The van der Waals surface area contributed by atoms with Crippen LogP contribution in [-0.2, 0) is 4.79 Å². The van der Waals surface area contributed by atoms with Crippen molar-refractivity contribution in [2.24, 2.45) is 0 Å². The molecule has 0 spiro atoms. The molecule has 0 saturated heterocycles. The van der Waals surface area contributed by atoms with Gasteiger partial charge in [0.15, 0.2) is 5.13 Å². The van der Waals surface area contributed by atoms with Crippen LogP contribution in [-0.4, -0.2) is 29.2 Å². The number of ether oxygens (including phenoxy) is 1. The number of aromatic nitrogens is 1. The van der Waals surface area contributed by atoms with Gasteiger partial charge in [0, 0.05) is 10.9 Å². The summed E-state index contributed by atoms with van der Waals surface area (Å²) in [4.78, 5) is 15.6. The molecule has 1 aromatic heterocycles. The number of aliphatic hydroxyl groups excluding tert-OH is 1. The Kier molecular flexibility index (Phi) is 4.13. The predicted molar refractivity (Wildman–Crippen MR) is 74.4 cm³/mol. The Morgan fingerprint density at radius 2 is 2.11 bits per heavy atom. The van der Waals surface area contributed by atoms with Crippen molar-refractivity contribution in [3.05, 3.63) is 29.6 Å². The van der Waals surface area contributed by atoms with E-state index in [-0.39, 0.29) is 0 Å². The van der Waals surface area contributed by atoms with Crippen LogP contribution in [0.2, 0.25) is 0 Å². The lowest BCUT2D eigenvalue weighted by Crippen LogP contribution is -2.24. The molecule has 1 amide bonds. The lowest BCUT2D eigenvalue weighted by Gasteiger charge is -2.03. The van der Waals surface area contributed by atoms with Gasteiger partial charge in [-0.25, -0.2) is 4.98 Å². The van der Waals surface area contributed by atoms with Gasteiger partial charge in [0.2, 0.25) is 0 Å². The van der Waals surface area contributed by atoms with Crippen molar-refractivity contribution in [2.45, 2.75) is 13.0 Å². The van der Waals surface area contributed by atoms with Gasteiger partial charge in [0.1, 0.15) is 11.9 Å². The maximum absolute atomic E-state index is 11.3. The van der Waals surface area contributed by atoms with Crippen molar-refractivity contribution >= 4 is 22.4 Å². The van der Waals surface area contributed by atoms with Crippen molar-refractivity contribution in [1.82, 2.24) is 4.98 Å². The van der Waals surface area contributed by atoms with E-state index < -0.39 is 12.0 Å². The van der Waals surface area contributed by atoms with Crippen molar-refractivity contribution in [1.29, 1.82) is 0 Å². The lowest BCUT2D eigenvalue weighted by molar-refractivity contribution is -0.123. The molecule has 6 heteroatoms. The Hall–Kier alpha value is -1.92. The number of aliphatic hydroxyl groups is 1. The van der Waals surface area contributed by atoms with E-state index in [4.69, 9.17) is 9.84 Å². The Balaban J connectivity index is 2.13. The van der Waals surface area contributed by atoms with Crippen LogP contribution < -0.4 is 10.1 Å². The maximum Gasteiger partial charge on any atom is 0.254 e. The molecule has 0 aliphatic carbocycles. The molecular weight excluding hydrogens is 264 g/mol. The third kappa shape index (κ3) is 3.30.